The van der Waals surface area contributed by atoms with Gasteiger partial charge in [-0.3, -0.25) is 14.6 Å². The zero-order valence-corrected chi connectivity index (χ0v) is 20.7. The van der Waals surface area contributed by atoms with E-state index < -0.39 is 17.2 Å². The second kappa shape index (κ2) is 9.34. The van der Waals surface area contributed by atoms with Gasteiger partial charge in [-0.2, -0.15) is 0 Å². The number of carbonyl (C=O) groups excluding carboxylic acids is 1. The molecule has 3 aromatic heterocycles. The molecule has 1 amide bonds. The number of aromatic hydroxyl groups is 1. The molecule has 2 N–H and O–H groups in total. The Hall–Kier alpha value is -3.99. The maximum absolute atomic E-state index is 14.9. The highest BCUT2D eigenvalue weighted by atomic mass is 79.9. The molecule has 180 valence electrons. The first-order valence-electron chi connectivity index (χ1n) is 10.3. The smallest absolute Gasteiger partial charge is 0.261 e. The molecule has 35 heavy (non-hydrogen) atoms. The first kappa shape index (κ1) is 24.1. The largest absolute Gasteiger partial charge is 0.503 e. The number of nitrogens with one attached hydrogen (secondary N) is 1. The highest BCUT2D eigenvalue weighted by molar-refractivity contribution is 9.10. The van der Waals surface area contributed by atoms with E-state index in [1.54, 1.807) is 25.5 Å². The molecular formula is C24H20BrFN4O5. The summed E-state index contributed by atoms with van der Waals surface area (Å²) in [6.07, 6.45) is 1.43. The van der Waals surface area contributed by atoms with E-state index in [0.717, 1.165) is 6.07 Å². The highest BCUT2D eigenvalue weighted by Crippen LogP contribution is 2.34. The summed E-state index contributed by atoms with van der Waals surface area (Å²) >= 11 is 3.23. The van der Waals surface area contributed by atoms with Crippen LogP contribution in [-0.2, 0) is 7.05 Å². The van der Waals surface area contributed by atoms with E-state index in [0.29, 0.717) is 16.9 Å². The topological polar surface area (TPSA) is 116 Å². The van der Waals surface area contributed by atoms with E-state index >= 15 is 0 Å². The lowest BCUT2D eigenvalue weighted by Crippen LogP contribution is -2.27. The van der Waals surface area contributed by atoms with Crippen LogP contribution in [0.3, 0.4) is 0 Å². The van der Waals surface area contributed by atoms with Gasteiger partial charge in [0, 0.05) is 48.5 Å². The number of carbonyl (C=O) groups is 1. The Labute approximate surface area is 207 Å². The molecule has 0 saturated heterocycles. The van der Waals surface area contributed by atoms with Crippen LogP contribution in [0, 0.1) is 19.7 Å². The summed E-state index contributed by atoms with van der Waals surface area (Å²) in [6.45, 7) is 3.42. The Bertz CT molecular complexity index is 1550. The second-order valence-corrected chi connectivity index (χ2v) is 8.44. The van der Waals surface area contributed by atoms with Crippen LogP contribution in [0.25, 0.3) is 11.0 Å². The zero-order chi connectivity index (χ0) is 25.4. The third-order valence-electron chi connectivity index (χ3n) is 5.56. The zero-order valence-electron chi connectivity index (χ0n) is 19.1. The summed E-state index contributed by atoms with van der Waals surface area (Å²) in [5.41, 5.74) is 1.39. The molecule has 1 aromatic carbocycles. The monoisotopic (exact) mass is 542 g/mol. The van der Waals surface area contributed by atoms with E-state index in [1.165, 1.54) is 37.6 Å². The van der Waals surface area contributed by atoms with E-state index in [1.807, 2.05) is 0 Å². The predicted octanol–water partition coefficient (Wildman–Crippen LogP) is 4.61. The molecule has 3 heterocycles. The van der Waals surface area contributed by atoms with Gasteiger partial charge in [0.1, 0.15) is 11.1 Å². The summed E-state index contributed by atoms with van der Waals surface area (Å²) < 4.78 is 27.6. The van der Waals surface area contributed by atoms with Crippen LogP contribution in [0.4, 0.5) is 10.1 Å². The molecule has 0 saturated carbocycles. The van der Waals surface area contributed by atoms with Crippen molar-refractivity contribution in [3.05, 3.63) is 74.0 Å². The number of aromatic nitrogens is 3. The van der Waals surface area contributed by atoms with Crippen LogP contribution in [0.1, 0.15) is 21.7 Å². The maximum atomic E-state index is 14.9. The van der Waals surface area contributed by atoms with Gasteiger partial charge in [0.15, 0.2) is 23.1 Å². The minimum atomic E-state index is -0.756. The minimum Gasteiger partial charge on any atom is -0.503 e. The van der Waals surface area contributed by atoms with Gasteiger partial charge in [-0.25, -0.2) is 9.37 Å². The number of fused-ring (bicyclic) bond motifs is 1. The normalized spacial score (nSPS) is 10.9. The first-order chi connectivity index (χ1) is 16.6. The fraction of sp³-hybridized carbons (Fsp3) is 0.167. The molecule has 9 nitrogen and oxygen atoms in total. The Balaban J connectivity index is 1.63. The number of nitrogens with zero attached hydrogens (tertiary/aromatic N) is 3. The van der Waals surface area contributed by atoms with Crippen LogP contribution in [0.15, 0.2) is 45.8 Å². The molecular weight excluding hydrogens is 523 g/mol. The van der Waals surface area contributed by atoms with E-state index in [9.17, 15) is 19.1 Å². The van der Waals surface area contributed by atoms with Crippen LogP contribution in [0.5, 0.6) is 23.1 Å². The molecule has 11 heteroatoms. The van der Waals surface area contributed by atoms with Gasteiger partial charge >= 0.3 is 0 Å². The average Bonchev–Trinajstić information content (AvgIpc) is 2.83. The van der Waals surface area contributed by atoms with Crippen molar-refractivity contribution in [2.24, 2.45) is 7.05 Å². The van der Waals surface area contributed by atoms with Gasteiger partial charge in [0.05, 0.1) is 17.1 Å². The molecule has 0 atom stereocenters. The van der Waals surface area contributed by atoms with Gasteiger partial charge in [-0.1, -0.05) is 0 Å². The Morgan fingerprint density at radius 1 is 1.17 bits per heavy atom. The Morgan fingerprint density at radius 2 is 1.91 bits per heavy atom. The van der Waals surface area contributed by atoms with Gasteiger partial charge in [-0.05, 0) is 41.9 Å². The number of benzene rings is 1. The van der Waals surface area contributed by atoms with E-state index in [4.69, 9.17) is 9.47 Å². The predicted molar refractivity (Wildman–Crippen MR) is 131 cm³/mol. The fourth-order valence-corrected chi connectivity index (χ4v) is 3.96. The molecule has 0 fully saturated rings. The lowest BCUT2D eigenvalue weighted by atomic mass is 10.1. The Morgan fingerprint density at radius 3 is 2.60 bits per heavy atom. The molecule has 4 rings (SSSR count). The number of pyridine rings is 3. The number of methoxy groups -OCH3 is 1. The van der Waals surface area contributed by atoms with Crippen molar-refractivity contribution in [3.63, 3.8) is 0 Å². The van der Waals surface area contributed by atoms with Crippen molar-refractivity contribution < 1.29 is 23.8 Å². The number of hydrogen-bond donors (Lipinski definition) is 2. The van der Waals surface area contributed by atoms with Crippen molar-refractivity contribution in [1.29, 1.82) is 0 Å². The summed E-state index contributed by atoms with van der Waals surface area (Å²) in [4.78, 5) is 33.8. The van der Waals surface area contributed by atoms with E-state index in [-0.39, 0.29) is 44.4 Å². The summed E-state index contributed by atoms with van der Waals surface area (Å²) in [6, 6.07) is 6.72. The van der Waals surface area contributed by atoms with Crippen molar-refractivity contribution >= 4 is 38.6 Å². The lowest BCUT2D eigenvalue weighted by molar-refractivity contribution is 0.102. The van der Waals surface area contributed by atoms with Crippen molar-refractivity contribution in [2.45, 2.75) is 13.8 Å². The van der Waals surface area contributed by atoms with Gasteiger partial charge < -0.3 is 24.5 Å². The number of rotatable bonds is 5. The summed E-state index contributed by atoms with van der Waals surface area (Å²) in [7, 11) is 3.09. The number of anilines is 1. The number of ether oxygens (including phenoxy) is 2. The molecule has 0 aliphatic heterocycles. The lowest BCUT2D eigenvalue weighted by Gasteiger charge is -2.15. The standard InChI is InChI=1S/C24H20BrFN4O5/c1-11-19(22(32)20(25)12(2)30(11)3)23(33)28-13-5-6-17(14(26)9-13)35-18-7-8-27-15-10-16(31)24(34-4)29-21(15)18/h5-10,31H,1-4H3,(H,28,33). The Kier molecular flexibility index (Phi) is 6.44. The molecule has 0 spiro atoms. The molecule has 4 aromatic rings. The summed E-state index contributed by atoms with van der Waals surface area (Å²) in [5, 5.41) is 12.5. The molecule has 0 aliphatic rings. The molecule has 0 bridgehead atoms. The van der Waals surface area contributed by atoms with Crippen LogP contribution in [-0.4, -0.2) is 32.7 Å². The van der Waals surface area contributed by atoms with Crippen molar-refractivity contribution in [1.82, 2.24) is 14.5 Å². The number of halogens is 2. The van der Waals surface area contributed by atoms with Crippen molar-refractivity contribution in [3.8, 4) is 23.1 Å². The average molecular weight is 543 g/mol. The maximum Gasteiger partial charge on any atom is 0.261 e. The SMILES string of the molecule is COc1nc2c(Oc3ccc(NC(=O)c4c(C)n(C)c(C)c(Br)c4=O)cc3F)ccnc2cc1O. The van der Waals surface area contributed by atoms with Crippen LogP contribution >= 0.6 is 15.9 Å². The molecule has 0 aliphatic carbocycles. The first-order valence-corrected chi connectivity index (χ1v) is 11.1. The quantitative estimate of drug-likeness (QED) is 0.378. The van der Waals surface area contributed by atoms with Crippen LogP contribution < -0.4 is 20.2 Å². The second-order valence-electron chi connectivity index (χ2n) is 7.64. The number of hydrogen-bond acceptors (Lipinski definition) is 7. The highest BCUT2D eigenvalue weighted by Gasteiger charge is 2.21. The van der Waals surface area contributed by atoms with Gasteiger partial charge in [0.2, 0.25) is 5.43 Å². The third-order valence-corrected chi connectivity index (χ3v) is 6.50. The fourth-order valence-electron chi connectivity index (χ4n) is 3.50. The third kappa shape index (κ3) is 4.42. The minimum absolute atomic E-state index is 0.0296. The van der Waals surface area contributed by atoms with Gasteiger partial charge in [-0.15, -0.1) is 0 Å². The van der Waals surface area contributed by atoms with Crippen LogP contribution in [0.2, 0.25) is 0 Å². The summed E-state index contributed by atoms with van der Waals surface area (Å²) in [5.74, 6) is -1.58. The number of amides is 1. The molecule has 0 radical (unpaired) electrons. The molecule has 0 unspecified atom stereocenters. The van der Waals surface area contributed by atoms with E-state index in [2.05, 4.69) is 31.2 Å². The van der Waals surface area contributed by atoms with Gasteiger partial charge in [0.25, 0.3) is 11.8 Å². The van der Waals surface area contributed by atoms with Crippen molar-refractivity contribution in [2.75, 3.05) is 12.4 Å².